The van der Waals surface area contributed by atoms with Gasteiger partial charge in [-0.05, 0) is 48.1 Å². The smallest absolute Gasteiger partial charge is 0.220 e. The highest BCUT2D eigenvalue weighted by Gasteiger charge is 2.30. The lowest BCUT2D eigenvalue weighted by Gasteiger charge is -2.26. The Labute approximate surface area is 156 Å². The van der Waals surface area contributed by atoms with Crippen LogP contribution in [0.1, 0.15) is 39.6 Å². The minimum Gasteiger partial charge on any atom is -0.368 e. The number of rotatable bonds is 2. The van der Waals surface area contributed by atoms with Crippen molar-refractivity contribution in [1.29, 1.82) is 0 Å². The summed E-state index contributed by atoms with van der Waals surface area (Å²) in [6, 6.07) is 11.8. The highest BCUT2D eigenvalue weighted by Crippen LogP contribution is 2.38. The van der Waals surface area contributed by atoms with Crippen LogP contribution in [-0.4, -0.2) is 20.7 Å². The Kier molecular flexibility index (Phi) is 4.17. The topological polar surface area (TPSA) is 81.8 Å². The van der Waals surface area contributed by atoms with Gasteiger partial charge in [-0.1, -0.05) is 35.9 Å². The lowest BCUT2D eigenvalue weighted by Crippen LogP contribution is -2.23. The summed E-state index contributed by atoms with van der Waals surface area (Å²) in [7, 11) is 0. The Bertz CT molecular complexity index is 1020. The molecule has 1 aliphatic rings. The van der Waals surface area contributed by atoms with E-state index in [-0.39, 0.29) is 17.6 Å². The normalized spacial score (nSPS) is 16.4. The molecule has 6 heteroatoms. The van der Waals surface area contributed by atoms with Crippen LogP contribution in [0.15, 0.2) is 42.6 Å². The fourth-order valence-corrected chi connectivity index (χ4v) is 3.88. The van der Waals surface area contributed by atoms with E-state index in [4.69, 9.17) is 17.3 Å². The highest BCUT2D eigenvalue weighted by molar-refractivity contribution is 6.29. The Hall–Kier alpha value is -2.79. The van der Waals surface area contributed by atoms with Gasteiger partial charge in [0, 0.05) is 12.6 Å². The van der Waals surface area contributed by atoms with Crippen LogP contribution in [-0.2, 0) is 6.42 Å². The van der Waals surface area contributed by atoms with Gasteiger partial charge in [-0.2, -0.15) is 0 Å². The molecule has 0 amide bonds. The molecule has 2 heterocycles. The largest absolute Gasteiger partial charge is 0.368 e. The van der Waals surface area contributed by atoms with E-state index in [1.54, 1.807) is 6.20 Å². The second kappa shape index (κ2) is 6.50. The van der Waals surface area contributed by atoms with Crippen molar-refractivity contribution in [2.75, 3.05) is 5.73 Å². The van der Waals surface area contributed by atoms with E-state index >= 15 is 0 Å². The summed E-state index contributed by atoms with van der Waals surface area (Å²) < 4.78 is 0. The van der Waals surface area contributed by atoms with Crippen LogP contribution in [0.2, 0.25) is 5.15 Å². The zero-order valence-electron chi connectivity index (χ0n) is 14.2. The predicted octanol–water partition coefficient (Wildman–Crippen LogP) is 4.00. The Morgan fingerprint density at radius 1 is 1.15 bits per heavy atom. The monoisotopic (exact) mass is 364 g/mol. The van der Waals surface area contributed by atoms with Crippen LogP contribution in [0.3, 0.4) is 0 Å². The second-order valence-electron chi connectivity index (χ2n) is 6.47. The fraction of sp³-hybridized carbons (Fsp3) is 0.200. The van der Waals surface area contributed by atoms with Crippen LogP contribution >= 0.6 is 11.6 Å². The van der Waals surface area contributed by atoms with Crippen molar-refractivity contribution >= 4 is 23.3 Å². The first kappa shape index (κ1) is 16.7. The molecule has 1 aliphatic carbocycles. The Morgan fingerprint density at radius 3 is 2.77 bits per heavy atom. The molecule has 130 valence electrons. The molecule has 0 radical (unpaired) electrons. The standard InChI is InChI=1S/C20H17ClN4O/c1-11-19-16(25-20(22)24-11)8-13(9-17(19)26)15-5-3-2-4-14(15)12-6-7-23-18(21)10-12/h2-7,10,13H,8-9H2,1H3,(H2,22,24,25). The zero-order valence-corrected chi connectivity index (χ0v) is 15.0. The number of nitrogens with zero attached hydrogens (tertiary/aromatic N) is 3. The molecule has 0 aliphatic heterocycles. The summed E-state index contributed by atoms with van der Waals surface area (Å²) in [6.07, 6.45) is 2.77. The van der Waals surface area contributed by atoms with Gasteiger partial charge in [0.1, 0.15) is 5.15 Å². The average Bonchev–Trinajstić information content (AvgIpc) is 2.60. The molecule has 0 saturated carbocycles. The van der Waals surface area contributed by atoms with Gasteiger partial charge in [0.2, 0.25) is 5.95 Å². The number of fused-ring (bicyclic) bond motifs is 1. The summed E-state index contributed by atoms with van der Waals surface area (Å²) >= 11 is 6.06. The van der Waals surface area contributed by atoms with Crippen molar-refractivity contribution in [3.05, 3.63) is 70.3 Å². The van der Waals surface area contributed by atoms with Crippen molar-refractivity contribution in [3.8, 4) is 11.1 Å². The van der Waals surface area contributed by atoms with Crippen molar-refractivity contribution in [2.24, 2.45) is 0 Å². The second-order valence-corrected chi connectivity index (χ2v) is 6.86. The van der Waals surface area contributed by atoms with E-state index < -0.39 is 0 Å². The number of nitrogens with two attached hydrogens (primary N) is 1. The molecule has 3 aromatic rings. The van der Waals surface area contributed by atoms with Gasteiger partial charge < -0.3 is 5.73 Å². The molecule has 5 nitrogen and oxygen atoms in total. The van der Waals surface area contributed by atoms with Gasteiger partial charge in [0.15, 0.2) is 5.78 Å². The van der Waals surface area contributed by atoms with E-state index in [0.717, 1.165) is 22.4 Å². The zero-order chi connectivity index (χ0) is 18.3. The van der Waals surface area contributed by atoms with Crippen LogP contribution in [0.5, 0.6) is 0 Å². The number of hydrogen-bond donors (Lipinski definition) is 1. The first-order valence-corrected chi connectivity index (χ1v) is 8.77. The van der Waals surface area contributed by atoms with Crippen molar-refractivity contribution in [2.45, 2.75) is 25.7 Å². The molecule has 2 N–H and O–H groups in total. The molecule has 0 saturated heterocycles. The Balaban J connectivity index is 1.79. The maximum atomic E-state index is 12.8. The quantitative estimate of drug-likeness (QED) is 0.695. The summed E-state index contributed by atoms with van der Waals surface area (Å²) in [5.41, 5.74) is 10.9. The number of halogens is 1. The number of aromatic nitrogens is 3. The molecule has 1 unspecified atom stereocenters. The van der Waals surface area contributed by atoms with E-state index in [9.17, 15) is 4.79 Å². The van der Waals surface area contributed by atoms with Gasteiger partial charge >= 0.3 is 0 Å². The number of carbonyl (C=O) groups is 1. The molecule has 1 aromatic carbocycles. The summed E-state index contributed by atoms with van der Waals surface area (Å²) in [4.78, 5) is 25.3. The van der Waals surface area contributed by atoms with E-state index in [1.807, 2.05) is 37.3 Å². The molecule has 0 bridgehead atoms. The number of nitrogen functional groups attached to an aromatic ring is 1. The van der Waals surface area contributed by atoms with Crippen LogP contribution in [0, 0.1) is 6.92 Å². The maximum absolute atomic E-state index is 12.8. The number of hydrogen-bond acceptors (Lipinski definition) is 5. The maximum Gasteiger partial charge on any atom is 0.220 e. The number of aryl methyl sites for hydroxylation is 1. The van der Waals surface area contributed by atoms with Gasteiger partial charge in [0.05, 0.1) is 17.0 Å². The highest BCUT2D eigenvalue weighted by atomic mass is 35.5. The minimum atomic E-state index is 0.0341. The molecule has 26 heavy (non-hydrogen) atoms. The number of anilines is 1. The van der Waals surface area contributed by atoms with Gasteiger partial charge in [-0.25, -0.2) is 15.0 Å². The number of benzene rings is 1. The number of pyridine rings is 1. The molecule has 4 rings (SSSR count). The third kappa shape index (κ3) is 2.95. The van der Waals surface area contributed by atoms with Gasteiger partial charge in [-0.3, -0.25) is 4.79 Å². The average molecular weight is 365 g/mol. The molecular formula is C20H17ClN4O. The predicted molar refractivity (Wildman–Crippen MR) is 101 cm³/mol. The first-order chi connectivity index (χ1) is 12.5. The van der Waals surface area contributed by atoms with E-state index in [2.05, 4.69) is 21.0 Å². The van der Waals surface area contributed by atoms with E-state index in [0.29, 0.717) is 29.3 Å². The summed E-state index contributed by atoms with van der Waals surface area (Å²) in [6.45, 7) is 1.81. The van der Waals surface area contributed by atoms with Crippen LogP contribution in [0.25, 0.3) is 11.1 Å². The van der Waals surface area contributed by atoms with Gasteiger partial charge in [0.25, 0.3) is 0 Å². The van der Waals surface area contributed by atoms with Crippen molar-refractivity contribution in [1.82, 2.24) is 15.0 Å². The SMILES string of the molecule is Cc1nc(N)nc2c1C(=O)CC(c1ccccc1-c1ccnc(Cl)c1)C2. The summed E-state index contributed by atoms with van der Waals surface area (Å²) in [5, 5.41) is 0.443. The summed E-state index contributed by atoms with van der Waals surface area (Å²) in [5.74, 6) is 0.312. The fourth-order valence-electron chi connectivity index (χ4n) is 3.70. The van der Waals surface area contributed by atoms with Crippen molar-refractivity contribution < 1.29 is 4.79 Å². The van der Waals surface area contributed by atoms with E-state index in [1.165, 1.54) is 0 Å². The van der Waals surface area contributed by atoms with Crippen LogP contribution in [0.4, 0.5) is 5.95 Å². The lowest BCUT2D eigenvalue weighted by molar-refractivity contribution is 0.0962. The number of ketones is 1. The third-order valence-electron chi connectivity index (χ3n) is 4.77. The molecule has 2 aromatic heterocycles. The Morgan fingerprint density at radius 2 is 1.96 bits per heavy atom. The minimum absolute atomic E-state index is 0.0341. The molecular weight excluding hydrogens is 348 g/mol. The third-order valence-corrected chi connectivity index (χ3v) is 4.98. The molecule has 0 spiro atoms. The van der Waals surface area contributed by atoms with Gasteiger partial charge in [-0.15, -0.1) is 0 Å². The number of Topliss-reactive ketones (excluding diaryl/α,β-unsaturated/α-hetero) is 1. The number of carbonyl (C=O) groups excluding carboxylic acids is 1. The molecule has 1 atom stereocenters. The lowest BCUT2D eigenvalue weighted by atomic mass is 9.79. The van der Waals surface area contributed by atoms with Crippen LogP contribution < -0.4 is 5.73 Å². The first-order valence-electron chi connectivity index (χ1n) is 8.40. The molecule has 0 fully saturated rings. The van der Waals surface area contributed by atoms with Crippen molar-refractivity contribution in [3.63, 3.8) is 0 Å².